The predicted octanol–water partition coefficient (Wildman–Crippen LogP) is 2.59. The van der Waals surface area contributed by atoms with Gasteiger partial charge in [0.25, 0.3) is 5.91 Å². The normalized spacial score (nSPS) is 22.2. The first-order chi connectivity index (χ1) is 8.92. The van der Waals surface area contributed by atoms with Crippen LogP contribution >= 0.6 is 28.1 Å². The van der Waals surface area contributed by atoms with Crippen molar-refractivity contribution >= 4 is 44.7 Å². The minimum Gasteiger partial charge on any atom is -0.389 e. The number of halogens is 1. The third-order valence-electron chi connectivity index (χ3n) is 3.19. The molecule has 3 N–H and O–H groups in total. The number of nitrogens with one attached hydrogen (secondary N) is 1. The highest BCUT2D eigenvalue weighted by Crippen LogP contribution is 2.28. The molecule has 0 aliphatic carbocycles. The van der Waals surface area contributed by atoms with Gasteiger partial charge in [-0.25, -0.2) is 0 Å². The van der Waals surface area contributed by atoms with Crippen LogP contribution < -0.4 is 11.1 Å². The number of ether oxygens (including phenoxy) is 1. The Bertz CT molecular complexity index is 527. The fourth-order valence-corrected chi connectivity index (χ4v) is 2.59. The van der Waals surface area contributed by atoms with E-state index in [2.05, 4.69) is 21.2 Å². The average Bonchev–Trinajstić information content (AvgIpc) is 2.77. The van der Waals surface area contributed by atoms with Crippen LogP contribution in [0, 0.1) is 0 Å². The summed E-state index contributed by atoms with van der Waals surface area (Å²) in [6, 6.07) is 5.39. The van der Waals surface area contributed by atoms with E-state index in [1.807, 2.05) is 6.07 Å². The Morgan fingerprint density at radius 1 is 1.58 bits per heavy atom. The number of hydrogen-bond donors (Lipinski definition) is 2. The second-order valence-corrected chi connectivity index (χ2v) is 6.05. The molecule has 0 bridgehead atoms. The first-order valence-corrected chi connectivity index (χ1v) is 7.17. The van der Waals surface area contributed by atoms with Crippen molar-refractivity contribution in [3.8, 4) is 0 Å². The molecule has 102 valence electrons. The first kappa shape index (κ1) is 14.4. The number of amides is 1. The van der Waals surface area contributed by atoms with Crippen molar-refractivity contribution in [2.24, 2.45) is 5.73 Å². The highest BCUT2D eigenvalue weighted by molar-refractivity contribution is 9.10. The van der Waals surface area contributed by atoms with E-state index < -0.39 is 5.60 Å². The van der Waals surface area contributed by atoms with Crippen LogP contribution in [0.5, 0.6) is 0 Å². The lowest BCUT2D eigenvalue weighted by atomic mass is 10.0. The van der Waals surface area contributed by atoms with E-state index in [1.165, 1.54) is 0 Å². The maximum absolute atomic E-state index is 12.3. The van der Waals surface area contributed by atoms with Crippen LogP contribution in [0.4, 0.5) is 5.69 Å². The Hall–Kier alpha value is -0.980. The summed E-state index contributed by atoms with van der Waals surface area (Å²) in [4.78, 5) is 12.5. The van der Waals surface area contributed by atoms with E-state index in [4.69, 9.17) is 22.7 Å². The molecule has 1 aromatic carbocycles. The van der Waals surface area contributed by atoms with E-state index >= 15 is 0 Å². The van der Waals surface area contributed by atoms with Crippen LogP contribution in [0.2, 0.25) is 0 Å². The summed E-state index contributed by atoms with van der Waals surface area (Å²) in [7, 11) is 0. The molecule has 2 rings (SSSR count). The van der Waals surface area contributed by atoms with Crippen LogP contribution in [-0.2, 0) is 9.53 Å². The molecule has 1 saturated heterocycles. The number of thiocarbonyl (C=S) groups is 1. The van der Waals surface area contributed by atoms with E-state index in [0.29, 0.717) is 17.9 Å². The van der Waals surface area contributed by atoms with E-state index in [-0.39, 0.29) is 10.9 Å². The number of nitrogens with two attached hydrogens (primary N) is 1. The molecule has 6 heteroatoms. The van der Waals surface area contributed by atoms with Gasteiger partial charge in [-0.05, 0) is 38.0 Å². The second-order valence-electron chi connectivity index (χ2n) is 4.69. The Kier molecular flexibility index (Phi) is 4.23. The SMILES string of the molecule is CC1(C(=O)Nc2cc(Br)ccc2C(N)=S)CCCO1. The number of benzene rings is 1. The molecule has 0 spiro atoms. The molecule has 1 aliphatic rings. The van der Waals surface area contributed by atoms with Gasteiger partial charge < -0.3 is 15.8 Å². The van der Waals surface area contributed by atoms with Gasteiger partial charge in [-0.3, -0.25) is 4.79 Å². The molecule has 1 unspecified atom stereocenters. The zero-order valence-corrected chi connectivity index (χ0v) is 12.9. The molecule has 0 radical (unpaired) electrons. The number of rotatable bonds is 3. The lowest BCUT2D eigenvalue weighted by Gasteiger charge is -2.22. The lowest BCUT2D eigenvalue weighted by molar-refractivity contribution is -0.133. The summed E-state index contributed by atoms with van der Waals surface area (Å²) >= 11 is 8.35. The van der Waals surface area contributed by atoms with Crippen molar-refractivity contribution < 1.29 is 9.53 Å². The molecule has 1 aliphatic heterocycles. The van der Waals surface area contributed by atoms with E-state index in [1.54, 1.807) is 19.1 Å². The summed E-state index contributed by atoms with van der Waals surface area (Å²) < 4.78 is 6.36. The third-order valence-corrected chi connectivity index (χ3v) is 3.91. The molecular formula is C13H15BrN2O2S. The second kappa shape index (κ2) is 5.56. The van der Waals surface area contributed by atoms with Gasteiger partial charge >= 0.3 is 0 Å². The van der Waals surface area contributed by atoms with Gasteiger partial charge in [0.1, 0.15) is 10.6 Å². The highest BCUT2D eigenvalue weighted by Gasteiger charge is 2.38. The Balaban J connectivity index is 2.25. The maximum atomic E-state index is 12.3. The van der Waals surface area contributed by atoms with Crippen LogP contribution in [-0.4, -0.2) is 23.1 Å². The van der Waals surface area contributed by atoms with Gasteiger partial charge in [0.05, 0.1) is 5.69 Å². The van der Waals surface area contributed by atoms with E-state index in [9.17, 15) is 4.79 Å². The summed E-state index contributed by atoms with van der Waals surface area (Å²) in [6.45, 7) is 2.42. The molecule has 1 atom stereocenters. The Labute approximate surface area is 125 Å². The number of carbonyl (C=O) groups is 1. The maximum Gasteiger partial charge on any atom is 0.256 e. The molecule has 0 aromatic heterocycles. The summed E-state index contributed by atoms with van der Waals surface area (Å²) in [5.74, 6) is -0.166. The van der Waals surface area contributed by atoms with Gasteiger partial charge in [0.15, 0.2) is 0 Å². The molecular weight excluding hydrogens is 328 g/mol. The third kappa shape index (κ3) is 3.13. The van der Waals surface area contributed by atoms with Gasteiger partial charge in [0.2, 0.25) is 0 Å². The van der Waals surface area contributed by atoms with Gasteiger partial charge in [-0.1, -0.05) is 28.1 Å². The number of carbonyl (C=O) groups excluding carboxylic acids is 1. The molecule has 1 aromatic rings. The van der Waals surface area contributed by atoms with Crippen LogP contribution in [0.15, 0.2) is 22.7 Å². The fraction of sp³-hybridized carbons (Fsp3) is 0.385. The van der Waals surface area contributed by atoms with Crippen molar-refractivity contribution in [2.45, 2.75) is 25.4 Å². The quantitative estimate of drug-likeness (QED) is 0.828. The van der Waals surface area contributed by atoms with Crippen molar-refractivity contribution in [2.75, 3.05) is 11.9 Å². The monoisotopic (exact) mass is 342 g/mol. The Morgan fingerprint density at radius 3 is 2.89 bits per heavy atom. The summed E-state index contributed by atoms with van der Waals surface area (Å²) in [5.41, 5.74) is 6.14. The van der Waals surface area contributed by atoms with Crippen molar-refractivity contribution in [3.63, 3.8) is 0 Å². The fourth-order valence-electron chi connectivity index (χ4n) is 2.05. The smallest absolute Gasteiger partial charge is 0.256 e. The average molecular weight is 343 g/mol. The first-order valence-electron chi connectivity index (χ1n) is 5.97. The van der Waals surface area contributed by atoms with Crippen molar-refractivity contribution in [3.05, 3.63) is 28.2 Å². The minimum atomic E-state index is -0.768. The zero-order valence-electron chi connectivity index (χ0n) is 10.5. The van der Waals surface area contributed by atoms with Crippen LogP contribution in [0.3, 0.4) is 0 Å². The van der Waals surface area contributed by atoms with Crippen molar-refractivity contribution in [1.29, 1.82) is 0 Å². The molecule has 19 heavy (non-hydrogen) atoms. The lowest BCUT2D eigenvalue weighted by Crippen LogP contribution is -2.39. The van der Waals surface area contributed by atoms with E-state index in [0.717, 1.165) is 17.3 Å². The van der Waals surface area contributed by atoms with Gasteiger partial charge in [0, 0.05) is 16.6 Å². The number of hydrogen-bond acceptors (Lipinski definition) is 3. The molecule has 1 amide bonds. The molecule has 0 saturated carbocycles. The zero-order chi connectivity index (χ0) is 14.0. The highest BCUT2D eigenvalue weighted by atomic mass is 79.9. The topological polar surface area (TPSA) is 64.4 Å². The summed E-state index contributed by atoms with van der Waals surface area (Å²) in [5, 5.41) is 2.85. The van der Waals surface area contributed by atoms with Crippen LogP contribution in [0.1, 0.15) is 25.3 Å². The predicted molar refractivity (Wildman–Crippen MR) is 82.3 cm³/mol. The molecule has 1 heterocycles. The number of anilines is 1. The summed E-state index contributed by atoms with van der Waals surface area (Å²) in [6.07, 6.45) is 1.61. The molecule has 4 nitrogen and oxygen atoms in total. The van der Waals surface area contributed by atoms with Gasteiger partial charge in [-0.15, -0.1) is 0 Å². The van der Waals surface area contributed by atoms with Gasteiger partial charge in [-0.2, -0.15) is 0 Å². The minimum absolute atomic E-state index is 0.166. The van der Waals surface area contributed by atoms with Crippen molar-refractivity contribution in [1.82, 2.24) is 0 Å². The van der Waals surface area contributed by atoms with Crippen LogP contribution in [0.25, 0.3) is 0 Å². The Morgan fingerprint density at radius 2 is 2.32 bits per heavy atom. The standard InChI is InChI=1S/C13H15BrN2O2S/c1-13(5-2-6-18-13)12(17)16-10-7-8(14)3-4-9(10)11(15)19/h3-4,7H,2,5-6H2,1H3,(H2,15,19)(H,16,17). The molecule has 1 fully saturated rings. The largest absolute Gasteiger partial charge is 0.389 e.